The fourth-order valence-corrected chi connectivity index (χ4v) is 10.3. The zero-order valence-corrected chi connectivity index (χ0v) is 29.1. The van der Waals surface area contributed by atoms with Gasteiger partial charge in [-0.05, 0) is 72.8 Å². The molecule has 0 N–H and O–H groups in total. The number of rotatable bonds is 3. The third-order valence-corrected chi connectivity index (χ3v) is 12.5. The van der Waals surface area contributed by atoms with Gasteiger partial charge in [0.15, 0.2) is 0 Å². The zero-order chi connectivity index (χ0) is 34.4. The second-order valence-electron chi connectivity index (χ2n) is 14.1. The van der Waals surface area contributed by atoms with Crippen molar-refractivity contribution in [2.45, 2.75) is 0 Å². The maximum absolute atomic E-state index is 6.29. The van der Waals surface area contributed by atoms with E-state index >= 15 is 0 Å². The fraction of sp³-hybridized carbons (Fsp3) is 0. The van der Waals surface area contributed by atoms with Crippen LogP contribution in [0.2, 0.25) is 0 Å². The monoisotopic (exact) mass is 693 g/mol. The molecule has 0 saturated carbocycles. The van der Waals surface area contributed by atoms with Gasteiger partial charge in [-0.3, -0.25) is 0 Å². The van der Waals surface area contributed by atoms with Gasteiger partial charge >= 0.3 is 0 Å². The van der Waals surface area contributed by atoms with E-state index in [1.54, 1.807) is 0 Å². The molecule has 4 nitrogen and oxygen atoms in total. The van der Waals surface area contributed by atoms with Crippen molar-refractivity contribution < 1.29 is 4.42 Å². The largest absolute Gasteiger partial charge is 0.456 e. The molecular formula is C48H27N3OS. The van der Waals surface area contributed by atoms with Gasteiger partial charge < -0.3 is 18.1 Å². The minimum Gasteiger partial charge on any atom is -0.456 e. The number of benzene rings is 8. The zero-order valence-electron chi connectivity index (χ0n) is 28.2. The number of anilines is 3. The molecule has 5 heteroatoms. The second kappa shape index (κ2) is 9.94. The number of furan rings is 1. The van der Waals surface area contributed by atoms with E-state index in [9.17, 15) is 0 Å². The summed E-state index contributed by atoms with van der Waals surface area (Å²) in [6, 6.07) is 59.9. The Hall–Kier alpha value is -6.82. The van der Waals surface area contributed by atoms with Gasteiger partial charge in [-0.15, -0.1) is 11.3 Å². The van der Waals surface area contributed by atoms with Gasteiger partial charge in [0, 0.05) is 69.6 Å². The number of hydrogen-bond acceptors (Lipinski definition) is 3. The maximum atomic E-state index is 6.29. The molecule has 53 heavy (non-hydrogen) atoms. The van der Waals surface area contributed by atoms with E-state index in [0.717, 1.165) is 44.5 Å². The molecule has 0 aliphatic carbocycles. The summed E-state index contributed by atoms with van der Waals surface area (Å²) >= 11 is 1.85. The Kier molecular flexibility index (Phi) is 5.22. The van der Waals surface area contributed by atoms with Crippen LogP contribution in [-0.4, -0.2) is 8.80 Å². The predicted octanol–water partition coefficient (Wildman–Crippen LogP) is 14.0. The SMILES string of the molecule is c1ccc2c(c1)oc1ccc(N(c3ccc4c(c3)sc3ccccc34)c3ccc4c(c3)n3c5ccccc5c5ccc6c7ccccc7n4c6c53)cc12. The van der Waals surface area contributed by atoms with Gasteiger partial charge in [0.25, 0.3) is 0 Å². The van der Waals surface area contributed by atoms with Crippen molar-refractivity contribution >= 4 is 125 Å². The summed E-state index contributed by atoms with van der Waals surface area (Å²) in [5.41, 5.74) is 12.4. The lowest BCUT2D eigenvalue weighted by molar-refractivity contribution is 0.669. The number of thiophene rings is 1. The standard InChI is InChI=1S/C48H27N3OS/c1-5-13-39-31(9-1)36-21-22-37-32-10-2-6-14-40(32)51-42-26-29(18-23-41(42)50(39)47(36)48(37)51)49(28-19-24-44-38(25-28)33-11-3-7-15-43(33)52-44)30-17-20-35-34-12-4-8-16-45(34)53-46(35)27-30/h1-27H. The molecule has 0 amide bonds. The number of aromatic nitrogens is 2. The van der Waals surface area contributed by atoms with Crippen LogP contribution in [0.15, 0.2) is 168 Å². The van der Waals surface area contributed by atoms with Crippen LogP contribution in [-0.2, 0) is 0 Å². The number of para-hydroxylation sites is 3. The molecule has 0 atom stereocenters. The molecule has 246 valence electrons. The van der Waals surface area contributed by atoms with E-state index in [-0.39, 0.29) is 0 Å². The van der Waals surface area contributed by atoms with Gasteiger partial charge in [-0.2, -0.15) is 0 Å². The van der Waals surface area contributed by atoms with Crippen molar-refractivity contribution in [1.82, 2.24) is 8.80 Å². The van der Waals surface area contributed by atoms with Crippen molar-refractivity contribution in [2.75, 3.05) is 4.90 Å². The highest BCUT2D eigenvalue weighted by atomic mass is 32.1. The molecule has 5 heterocycles. The number of fused-ring (bicyclic) bond motifs is 15. The lowest BCUT2D eigenvalue weighted by Crippen LogP contribution is -2.10. The summed E-state index contributed by atoms with van der Waals surface area (Å²) in [6.45, 7) is 0. The van der Waals surface area contributed by atoms with E-state index in [2.05, 4.69) is 165 Å². The molecule has 0 fully saturated rings. The Balaban J connectivity index is 1.15. The van der Waals surface area contributed by atoms with E-state index in [4.69, 9.17) is 4.42 Å². The maximum Gasteiger partial charge on any atom is 0.135 e. The van der Waals surface area contributed by atoms with Crippen molar-refractivity contribution in [2.24, 2.45) is 0 Å². The van der Waals surface area contributed by atoms with Gasteiger partial charge in [-0.1, -0.05) is 91.0 Å². The fourth-order valence-electron chi connectivity index (χ4n) is 9.17. The van der Waals surface area contributed by atoms with Gasteiger partial charge in [-0.25, -0.2) is 0 Å². The first-order valence-corrected chi connectivity index (χ1v) is 18.8. The first-order valence-electron chi connectivity index (χ1n) is 18.0. The minimum atomic E-state index is 0.890. The van der Waals surface area contributed by atoms with Crippen LogP contribution in [0.3, 0.4) is 0 Å². The van der Waals surface area contributed by atoms with Gasteiger partial charge in [0.1, 0.15) is 11.2 Å². The first kappa shape index (κ1) is 27.8. The molecule has 0 saturated heterocycles. The molecule has 0 bridgehead atoms. The average Bonchev–Trinajstić information content (AvgIpc) is 3.96. The molecule has 8 aromatic carbocycles. The summed E-state index contributed by atoms with van der Waals surface area (Å²) in [5, 5.41) is 9.92. The van der Waals surface area contributed by atoms with Crippen LogP contribution in [0.1, 0.15) is 0 Å². The van der Waals surface area contributed by atoms with Crippen LogP contribution in [0.5, 0.6) is 0 Å². The molecule has 0 aliphatic heterocycles. The highest BCUT2D eigenvalue weighted by Crippen LogP contribution is 2.46. The smallest absolute Gasteiger partial charge is 0.135 e. The normalized spacial score (nSPS) is 12.5. The third kappa shape index (κ3) is 3.59. The Morgan fingerprint density at radius 3 is 1.70 bits per heavy atom. The van der Waals surface area contributed by atoms with Gasteiger partial charge in [0.2, 0.25) is 0 Å². The lowest BCUT2D eigenvalue weighted by Gasteiger charge is -2.26. The molecule has 0 radical (unpaired) electrons. The summed E-state index contributed by atoms with van der Waals surface area (Å²) in [6.07, 6.45) is 0. The van der Waals surface area contributed by atoms with Crippen LogP contribution < -0.4 is 4.90 Å². The van der Waals surface area contributed by atoms with Gasteiger partial charge in [0.05, 0.1) is 33.1 Å². The Morgan fingerprint density at radius 1 is 0.358 bits per heavy atom. The number of nitrogens with zero attached hydrogens (tertiary/aromatic N) is 3. The summed E-state index contributed by atoms with van der Waals surface area (Å²) < 4.78 is 13.9. The van der Waals surface area contributed by atoms with Crippen molar-refractivity contribution in [3.8, 4) is 0 Å². The second-order valence-corrected chi connectivity index (χ2v) is 15.2. The Morgan fingerprint density at radius 2 is 0.906 bits per heavy atom. The molecule has 13 aromatic rings. The third-order valence-electron chi connectivity index (χ3n) is 11.4. The van der Waals surface area contributed by atoms with Crippen LogP contribution in [0, 0.1) is 0 Å². The van der Waals surface area contributed by atoms with Crippen molar-refractivity contribution in [3.05, 3.63) is 164 Å². The molecule has 0 spiro atoms. The predicted molar refractivity (Wildman–Crippen MR) is 224 cm³/mol. The van der Waals surface area contributed by atoms with E-state index < -0.39 is 0 Å². The summed E-state index contributed by atoms with van der Waals surface area (Å²) in [5.74, 6) is 0. The Labute approximate surface area is 305 Å². The van der Waals surface area contributed by atoms with Crippen LogP contribution in [0.25, 0.3) is 96.8 Å². The molecule has 13 rings (SSSR count). The highest BCUT2D eigenvalue weighted by Gasteiger charge is 2.23. The molecule has 0 unspecified atom stereocenters. The first-order chi connectivity index (χ1) is 26.3. The number of hydrogen-bond donors (Lipinski definition) is 0. The molecular weight excluding hydrogens is 667 g/mol. The quantitative estimate of drug-likeness (QED) is 0.172. The van der Waals surface area contributed by atoms with Crippen LogP contribution >= 0.6 is 11.3 Å². The van der Waals surface area contributed by atoms with E-state index in [0.29, 0.717) is 0 Å². The van der Waals surface area contributed by atoms with Crippen LogP contribution in [0.4, 0.5) is 17.1 Å². The Bertz CT molecular complexity index is 3650. The minimum absolute atomic E-state index is 0.890. The van der Waals surface area contributed by atoms with Crippen molar-refractivity contribution in [3.63, 3.8) is 0 Å². The molecule has 5 aromatic heterocycles. The summed E-state index contributed by atoms with van der Waals surface area (Å²) in [7, 11) is 0. The lowest BCUT2D eigenvalue weighted by atomic mass is 10.1. The highest BCUT2D eigenvalue weighted by molar-refractivity contribution is 7.25. The average molecular weight is 694 g/mol. The van der Waals surface area contributed by atoms with Crippen molar-refractivity contribution in [1.29, 1.82) is 0 Å². The van der Waals surface area contributed by atoms with E-state index in [1.807, 2.05) is 23.5 Å². The summed E-state index contributed by atoms with van der Waals surface area (Å²) in [4.78, 5) is 2.41. The van der Waals surface area contributed by atoms with E-state index in [1.165, 1.54) is 69.3 Å². The topological polar surface area (TPSA) is 25.2 Å². The molecule has 0 aliphatic rings.